The van der Waals surface area contributed by atoms with Gasteiger partial charge in [0, 0.05) is 6.54 Å². The van der Waals surface area contributed by atoms with Crippen LogP contribution in [0.15, 0.2) is 0 Å². The Hall–Kier alpha value is 0.230. The van der Waals surface area contributed by atoms with Crippen molar-refractivity contribution >= 4 is 12.6 Å². The molecule has 0 spiro atoms. The van der Waals surface area contributed by atoms with Crippen molar-refractivity contribution in [3.8, 4) is 0 Å². The zero-order valence-electron chi connectivity index (χ0n) is 7.41. The summed E-state index contributed by atoms with van der Waals surface area (Å²) in [5.41, 5.74) is 5.98. The highest BCUT2D eigenvalue weighted by Crippen LogP contribution is 2.23. The first-order chi connectivity index (χ1) is 4.95. The predicted molar refractivity (Wildman–Crippen MR) is 50.4 cm³/mol. The molecule has 3 nitrogen and oxygen atoms in total. The van der Waals surface area contributed by atoms with Gasteiger partial charge in [0.25, 0.3) is 0 Å². The van der Waals surface area contributed by atoms with Crippen molar-refractivity contribution in [2.24, 2.45) is 5.73 Å². The number of nitrogens with two attached hydrogens (primary N) is 1. The average molecular weight is 175 g/mol. The van der Waals surface area contributed by atoms with Gasteiger partial charge in [-0.3, -0.25) is 9.80 Å². The molecule has 2 N–H and O–H groups in total. The Kier molecular flexibility index (Phi) is 2.49. The molecule has 1 heterocycles. The second-order valence-electron chi connectivity index (χ2n) is 3.55. The van der Waals surface area contributed by atoms with Crippen molar-refractivity contribution in [3.63, 3.8) is 0 Å². The van der Waals surface area contributed by atoms with E-state index >= 15 is 0 Å². The number of nitrogens with zero attached hydrogens (tertiary/aromatic N) is 2. The van der Waals surface area contributed by atoms with Crippen molar-refractivity contribution in [1.29, 1.82) is 0 Å². The standard InChI is InChI=1S/C7H17N3S/c1-7(8)4-5-9(2)6(11)10(7)3/h6,11H,4-5,8H2,1-3H3. The first kappa shape index (κ1) is 9.32. The van der Waals surface area contributed by atoms with E-state index < -0.39 is 0 Å². The molecule has 0 aromatic rings. The Morgan fingerprint density at radius 1 is 1.55 bits per heavy atom. The fraction of sp³-hybridized carbons (Fsp3) is 1.00. The van der Waals surface area contributed by atoms with Crippen LogP contribution in [-0.4, -0.2) is 41.6 Å². The molecule has 0 amide bonds. The van der Waals surface area contributed by atoms with Crippen LogP contribution in [0.3, 0.4) is 0 Å². The molecule has 0 radical (unpaired) electrons. The molecule has 0 aromatic heterocycles. The van der Waals surface area contributed by atoms with Crippen molar-refractivity contribution in [1.82, 2.24) is 9.80 Å². The van der Waals surface area contributed by atoms with Gasteiger partial charge in [0.15, 0.2) is 0 Å². The van der Waals surface area contributed by atoms with Gasteiger partial charge >= 0.3 is 0 Å². The highest BCUT2D eigenvalue weighted by molar-refractivity contribution is 7.80. The van der Waals surface area contributed by atoms with Crippen LogP contribution in [0.1, 0.15) is 13.3 Å². The number of hydrogen-bond acceptors (Lipinski definition) is 4. The summed E-state index contributed by atoms with van der Waals surface area (Å²) in [4.78, 5) is 4.26. The normalized spacial score (nSPS) is 42.8. The van der Waals surface area contributed by atoms with Crippen LogP contribution in [-0.2, 0) is 0 Å². The van der Waals surface area contributed by atoms with Crippen molar-refractivity contribution in [2.75, 3.05) is 20.6 Å². The van der Waals surface area contributed by atoms with E-state index in [-0.39, 0.29) is 11.2 Å². The predicted octanol–water partition coefficient (Wildman–Crippen LogP) is 0.142. The van der Waals surface area contributed by atoms with E-state index in [0.717, 1.165) is 13.0 Å². The highest BCUT2D eigenvalue weighted by atomic mass is 32.1. The number of hydrogen-bond donors (Lipinski definition) is 2. The minimum atomic E-state index is -0.196. The van der Waals surface area contributed by atoms with Crippen molar-refractivity contribution in [2.45, 2.75) is 24.5 Å². The Morgan fingerprint density at radius 2 is 2.09 bits per heavy atom. The zero-order chi connectivity index (χ0) is 8.65. The summed E-state index contributed by atoms with van der Waals surface area (Å²) in [5.74, 6) is 0. The average Bonchev–Trinajstić information content (AvgIpc) is 1.95. The first-order valence-corrected chi connectivity index (χ1v) is 4.37. The summed E-state index contributed by atoms with van der Waals surface area (Å²) in [7, 11) is 4.07. The van der Waals surface area contributed by atoms with Gasteiger partial charge in [0.05, 0.1) is 5.66 Å². The van der Waals surface area contributed by atoms with E-state index in [1.807, 2.05) is 14.0 Å². The van der Waals surface area contributed by atoms with Gasteiger partial charge < -0.3 is 5.73 Å². The molecule has 1 rings (SSSR count). The largest absolute Gasteiger partial charge is 0.313 e. The molecular formula is C7H17N3S. The molecule has 4 heteroatoms. The number of thiol groups is 1. The molecule has 1 aliphatic heterocycles. The van der Waals surface area contributed by atoms with E-state index in [1.165, 1.54) is 0 Å². The lowest BCUT2D eigenvalue weighted by Crippen LogP contribution is -2.63. The Morgan fingerprint density at radius 3 is 2.55 bits per heavy atom. The topological polar surface area (TPSA) is 32.5 Å². The molecule has 1 fully saturated rings. The monoisotopic (exact) mass is 175 g/mol. The third kappa shape index (κ3) is 1.69. The van der Waals surface area contributed by atoms with Gasteiger partial charge in [-0.05, 0) is 27.4 Å². The van der Waals surface area contributed by atoms with Crippen LogP contribution in [0.25, 0.3) is 0 Å². The third-order valence-corrected chi connectivity index (χ3v) is 3.26. The van der Waals surface area contributed by atoms with E-state index in [4.69, 9.17) is 5.73 Å². The highest BCUT2D eigenvalue weighted by Gasteiger charge is 2.34. The van der Waals surface area contributed by atoms with E-state index in [0.29, 0.717) is 0 Å². The summed E-state index contributed by atoms with van der Waals surface area (Å²) >= 11 is 4.44. The van der Waals surface area contributed by atoms with E-state index in [2.05, 4.69) is 29.5 Å². The quantitative estimate of drug-likeness (QED) is 0.514. The smallest absolute Gasteiger partial charge is 0.109 e. The minimum absolute atomic E-state index is 0.152. The zero-order valence-corrected chi connectivity index (χ0v) is 8.30. The lowest BCUT2D eigenvalue weighted by atomic mass is 10.1. The molecule has 11 heavy (non-hydrogen) atoms. The molecule has 0 saturated carbocycles. The molecule has 0 aliphatic carbocycles. The molecular weight excluding hydrogens is 158 g/mol. The molecule has 2 atom stereocenters. The van der Waals surface area contributed by atoms with Crippen LogP contribution in [0, 0.1) is 0 Å². The van der Waals surface area contributed by atoms with Gasteiger partial charge in [-0.15, -0.1) is 12.6 Å². The van der Waals surface area contributed by atoms with Gasteiger partial charge in [0.1, 0.15) is 5.50 Å². The lowest BCUT2D eigenvalue weighted by Gasteiger charge is -2.47. The molecule has 1 saturated heterocycles. The van der Waals surface area contributed by atoms with Gasteiger partial charge in [-0.25, -0.2) is 0 Å². The molecule has 1 aliphatic rings. The Balaban J connectivity index is 2.67. The Labute approximate surface area is 73.9 Å². The Bertz CT molecular complexity index is 149. The van der Waals surface area contributed by atoms with E-state index in [1.54, 1.807) is 0 Å². The summed E-state index contributed by atoms with van der Waals surface area (Å²) in [6.07, 6.45) is 0.997. The molecule has 0 aromatic carbocycles. The third-order valence-electron chi connectivity index (χ3n) is 2.52. The maximum absolute atomic E-state index is 6.02. The van der Waals surface area contributed by atoms with Crippen LogP contribution < -0.4 is 5.73 Å². The molecule has 0 bridgehead atoms. The fourth-order valence-corrected chi connectivity index (χ4v) is 1.63. The maximum Gasteiger partial charge on any atom is 0.109 e. The SMILES string of the molecule is CN1CCC(C)(N)N(C)C1S. The summed E-state index contributed by atoms with van der Waals surface area (Å²) in [5, 5.41) is 0. The molecule has 2 unspecified atom stereocenters. The van der Waals surface area contributed by atoms with E-state index in [9.17, 15) is 0 Å². The van der Waals surface area contributed by atoms with Crippen LogP contribution >= 0.6 is 12.6 Å². The van der Waals surface area contributed by atoms with Crippen LogP contribution in [0.4, 0.5) is 0 Å². The van der Waals surface area contributed by atoms with Crippen LogP contribution in [0.5, 0.6) is 0 Å². The first-order valence-electron chi connectivity index (χ1n) is 3.85. The van der Waals surface area contributed by atoms with Gasteiger partial charge in [-0.2, -0.15) is 0 Å². The second-order valence-corrected chi connectivity index (χ2v) is 4.01. The number of rotatable bonds is 0. The molecule has 66 valence electrons. The summed E-state index contributed by atoms with van der Waals surface area (Å²) in [6, 6.07) is 0. The minimum Gasteiger partial charge on any atom is -0.313 e. The lowest BCUT2D eigenvalue weighted by molar-refractivity contribution is -0.000185. The van der Waals surface area contributed by atoms with Crippen molar-refractivity contribution in [3.05, 3.63) is 0 Å². The summed E-state index contributed by atoms with van der Waals surface area (Å²) < 4.78 is 0. The second kappa shape index (κ2) is 2.94. The maximum atomic E-state index is 6.02. The van der Waals surface area contributed by atoms with Gasteiger partial charge in [-0.1, -0.05) is 0 Å². The van der Waals surface area contributed by atoms with Crippen molar-refractivity contribution < 1.29 is 0 Å². The fourth-order valence-electron chi connectivity index (χ4n) is 1.25. The van der Waals surface area contributed by atoms with Crippen LogP contribution in [0.2, 0.25) is 0 Å². The van der Waals surface area contributed by atoms with Gasteiger partial charge in [0.2, 0.25) is 0 Å². The summed E-state index contributed by atoms with van der Waals surface area (Å²) in [6.45, 7) is 3.06.